The predicted octanol–water partition coefficient (Wildman–Crippen LogP) is 3.99. The molecule has 7 heteroatoms. The largest absolute Gasteiger partial charge is 2.00 e. The molecule has 0 saturated heterocycles. The van der Waals surface area contributed by atoms with E-state index in [-0.39, 0.29) is 74.1 Å². The summed E-state index contributed by atoms with van der Waals surface area (Å²) in [6.45, 7) is 11.3. The van der Waals surface area contributed by atoms with Crippen LogP contribution in [-0.4, -0.2) is 31.8 Å². The Balaban J connectivity index is -0.000000395. The zero-order valence-electron chi connectivity index (χ0n) is 17.7. The number of carbonyl (C=O) groups is 1. The van der Waals surface area contributed by atoms with E-state index in [0.29, 0.717) is 24.7 Å². The normalized spacial score (nSPS) is 16.2. The van der Waals surface area contributed by atoms with Crippen LogP contribution >= 0.6 is 0 Å². The summed E-state index contributed by atoms with van der Waals surface area (Å²) in [5.41, 5.74) is 0.449. The number of benzene rings is 1. The van der Waals surface area contributed by atoms with Gasteiger partial charge >= 0.3 is 68.2 Å². The number of rotatable bonds is 7. The van der Waals surface area contributed by atoms with Gasteiger partial charge in [-0.3, -0.25) is 24.5 Å². The van der Waals surface area contributed by atoms with Crippen LogP contribution in [0, 0.1) is 86.2 Å². The van der Waals surface area contributed by atoms with Crippen LogP contribution in [0.4, 0.5) is 0 Å². The van der Waals surface area contributed by atoms with Crippen molar-refractivity contribution in [2.45, 2.75) is 39.5 Å². The smallest absolute Gasteiger partial charge is 0.576 e. The third-order valence-electron chi connectivity index (χ3n) is 3.74. The molecule has 0 radical (unpaired) electrons. The van der Waals surface area contributed by atoms with Gasteiger partial charge < -0.3 is 25.1 Å². The van der Waals surface area contributed by atoms with Gasteiger partial charge in [-0.1, -0.05) is 26.3 Å². The molecule has 0 N–H and O–H groups in total. The SMILES string of the molecule is C=C(C)[C-]=O.C=CC(=O)OCC1CCC([C-]=O)CC1.CCOc1[c-]cc[c-]c1.[U+2].[U+2]. The van der Waals surface area contributed by atoms with E-state index in [1.165, 1.54) is 6.08 Å². The Labute approximate surface area is 228 Å². The van der Waals surface area contributed by atoms with Gasteiger partial charge in [-0.05, 0) is 32.0 Å². The predicted molar refractivity (Wildman–Crippen MR) is 108 cm³/mol. The molecule has 0 heterocycles. The van der Waals surface area contributed by atoms with Crippen molar-refractivity contribution in [3.05, 3.63) is 55.1 Å². The van der Waals surface area contributed by atoms with E-state index >= 15 is 0 Å². The van der Waals surface area contributed by atoms with Gasteiger partial charge in [0.2, 0.25) is 0 Å². The van der Waals surface area contributed by atoms with E-state index in [9.17, 15) is 14.4 Å². The second-order valence-corrected chi connectivity index (χ2v) is 6.14. The van der Waals surface area contributed by atoms with Crippen LogP contribution < -0.4 is 4.74 Å². The van der Waals surface area contributed by atoms with E-state index in [1.54, 1.807) is 31.4 Å². The molecule has 1 saturated carbocycles. The molecule has 0 bridgehead atoms. The molecular weight excluding hydrogens is 832 g/mol. The fraction of sp³-hybridized carbons (Fsp3) is 0.435. The van der Waals surface area contributed by atoms with Crippen LogP contribution in [0.3, 0.4) is 0 Å². The molecule has 2 rings (SSSR count). The first-order valence-corrected chi connectivity index (χ1v) is 9.17. The Morgan fingerprint density at radius 3 is 2.23 bits per heavy atom. The molecule has 158 valence electrons. The van der Waals surface area contributed by atoms with Gasteiger partial charge in [0.15, 0.2) is 0 Å². The fourth-order valence-electron chi connectivity index (χ4n) is 2.28. The second kappa shape index (κ2) is 23.1. The van der Waals surface area contributed by atoms with E-state index in [1.807, 2.05) is 13.2 Å². The van der Waals surface area contributed by atoms with E-state index < -0.39 is 0 Å². The molecule has 0 unspecified atom stereocenters. The van der Waals surface area contributed by atoms with Gasteiger partial charge in [0.25, 0.3) is 0 Å². The van der Waals surface area contributed by atoms with Gasteiger partial charge in [-0.15, -0.1) is 11.7 Å². The Hall–Kier alpha value is -0.586. The Kier molecular flexibility index (Phi) is 26.2. The molecule has 1 aromatic rings. The van der Waals surface area contributed by atoms with Crippen LogP contribution in [0.2, 0.25) is 0 Å². The monoisotopic (exact) mass is 860 g/mol. The molecule has 0 aromatic heterocycles. The molecular formula is C23H28O5U2. The van der Waals surface area contributed by atoms with E-state index in [2.05, 4.69) is 25.3 Å². The third-order valence-corrected chi connectivity index (χ3v) is 3.74. The van der Waals surface area contributed by atoms with Crippen molar-refractivity contribution in [2.75, 3.05) is 13.2 Å². The number of esters is 1. The fourth-order valence-corrected chi connectivity index (χ4v) is 2.28. The zero-order valence-corrected chi connectivity index (χ0v) is 26.0. The van der Waals surface area contributed by atoms with Gasteiger partial charge in [-0.25, -0.2) is 17.4 Å². The number of allylic oxidation sites excluding steroid dienone is 1. The molecule has 1 aliphatic carbocycles. The summed E-state index contributed by atoms with van der Waals surface area (Å²) >= 11 is 0. The second-order valence-electron chi connectivity index (χ2n) is 6.14. The minimum absolute atomic E-state index is 0. The summed E-state index contributed by atoms with van der Waals surface area (Å²) < 4.78 is 10.1. The van der Waals surface area contributed by atoms with Crippen LogP contribution in [0.5, 0.6) is 5.75 Å². The van der Waals surface area contributed by atoms with Crippen molar-refractivity contribution >= 4 is 18.5 Å². The average molecular weight is 861 g/mol. The number of hydrogen-bond donors (Lipinski definition) is 0. The van der Waals surface area contributed by atoms with Crippen molar-refractivity contribution in [2.24, 2.45) is 11.8 Å². The summed E-state index contributed by atoms with van der Waals surface area (Å²) in [5, 5.41) is 0. The van der Waals surface area contributed by atoms with Gasteiger partial charge in [-0.2, -0.15) is 5.57 Å². The third kappa shape index (κ3) is 19.4. The maximum absolute atomic E-state index is 10.8. The summed E-state index contributed by atoms with van der Waals surface area (Å²) in [7, 11) is 0. The standard InChI is InChI=1S/C11H15O3.C8H8O.C4H5O.2U/c1-2-11(13)14-8-10-5-3-9(7-12)4-6-10;1-2-9-8-6-4-3-5-7-8;1-4(2)3-5;;/h2,9-10H,1,3-6,8H2;3-4,7H,2H2,1H3;1H2,2H3;;/q-1;-2;-1;2*+2. The molecule has 1 aromatic carbocycles. The summed E-state index contributed by atoms with van der Waals surface area (Å²) in [6, 6.07) is 11.1. The van der Waals surface area contributed by atoms with Gasteiger partial charge in [0, 0.05) is 6.08 Å². The quantitative estimate of drug-likeness (QED) is 0.236. The van der Waals surface area contributed by atoms with Crippen LogP contribution in [0.15, 0.2) is 43.0 Å². The molecule has 5 nitrogen and oxygen atoms in total. The number of hydrogen-bond acceptors (Lipinski definition) is 5. The Bertz CT molecular complexity index is 597. The zero-order chi connectivity index (χ0) is 21.2. The minimum Gasteiger partial charge on any atom is -0.576 e. The molecule has 0 amide bonds. The first-order valence-electron chi connectivity index (χ1n) is 9.17. The van der Waals surface area contributed by atoms with Gasteiger partial charge in [0.1, 0.15) is 0 Å². The van der Waals surface area contributed by atoms with Crippen LogP contribution in [0.1, 0.15) is 39.5 Å². The van der Waals surface area contributed by atoms with E-state index in [0.717, 1.165) is 31.4 Å². The van der Waals surface area contributed by atoms with Crippen molar-refractivity contribution in [1.29, 1.82) is 0 Å². The van der Waals surface area contributed by atoms with Crippen molar-refractivity contribution in [1.82, 2.24) is 0 Å². The number of carbonyl (C=O) groups excluding carboxylic acids is 3. The number of ether oxygens (including phenoxy) is 2. The van der Waals surface area contributed by atoms with E-state index in [4.69, 9.17) is 9.47 Å². The van der Waals surface area contributed by atoms with Crippen molar-refractivity contribution < 1.29 is 86.1 Å². The van der Waals surface area contributed by atoms with Crippen molar-refractivity contribution in [3.63, 3.8) is 0 Å². The average Bonchev–Trinajstić information content (AvgIpc) is 2.74. The summed E-state index contributed by atoms with van der Waals surface area (Å²) in [4.78, 5) is 30.4. The summed E-state index contributed by atoms with van der Waals surface area (Å²) in [5.74, 6) is 0.902. The maximum Gasteiger partial charge on any atom is 2.00 e. The van der Waals surface area contributed by atoms with Crippen molar-refractivity contribution in [3.8, 4) is 5.75 Å². The molecule has 0 aliphatic heterocycles. The topological polar surface area (TPSA) is 69.7 Å². The molecule has 0 atom stereocenters. The molecule has 30 heavy (non-hydrogen) atoms. The first-order chi connectivity index (χ1) is 13.5. The molecule has 0 spiro atoms. The van der Waals surface area contributed by atoms with Crippen LogP contribution in [0.25, 0.3) is 0 Å². The Morgan fingerprint density at radius 2 is 1.83 bits per heavy atom. The first kappa shape index (κ1) is 34.0. The summed E-state index contributed by atoms with van der Waals surface area (Å²) in [6.07, 6.45) is 8.43. The molecule has 1 fully saturated rings. The maximum atomic E-state index is 10.8. The van der Waals surface area contributed by atoms with Crippen LogP contribution in [-0.2, 0) is 19.1 Å². The minimum atomic E-state index is -0.367. The Morgan fingerprint density at radius 1 is 1.23 bits per heavy atom. The van der Waals surface area contributed by atoms with Gasteiger partial charge in [0.05, 0.1) is 13.2 Å². The molecule has 1 aliphatic rings.